The Labute approximate surface area is 193 Å². The summed E-state index contributed by atoms with van der Waals surface area (Å²) in [5, 5.41) is 23.0. The maximum absolute atomic E-state index is 10.9. The lowest BCUT2D eigenvalue weighted by Gasteiger charge is -2.47. The molecular weight excluding hydrogens is 414 g/mol. The molecule has 4 aliphatic carbocycles. The van der Waals surface area contributed by atoms with Crippen LogP contribution in [0.15, 0.2) is 48.7 Å². The molecule has 1 aromatic carbocycles. The van der Waals surface area contributed by atoms with E-state index in [1.54, 1.807) is 11.7 Å². The molecule has 0 aliphatic heterocycles. The minimum Gasteiger partial charge on any atom is -0.497 e. The number of nitrogens with one attached hydrogen (secondary N) is 1. The fourth-order valence-corrected chi connectivity index (χ4v) is 6.17. The standard InChI is InChI=1S/C27H31N3O3/c1-33-17-5-10-23-22(13-17)15(14-29-23)12-16(28)4-2-3-11-30-26(31)24-20-8-9-21(25(24)27(30)32)19-7-6-18(19)20/h5-10,13-14,16,18-21,29,31-32H,2-4,11-12,28H2,1H3. The highest BCUT2D eigenvalue weighted by Crippen LogP contribution is 2.61. The van der Waals surface area contributed by atoms with E-state index in [0.717, 1.165) is 53.5 Å². The van der Waals surface area contributed by atoms with Crippen molar-refractivity contribution in [2.75, 3.05) is 7.11 Å². The van der Waals surface area contributed by atoms with Gasteiger partial charge in [-0.15, -0.1) is 0 Å². The number of nitrogens with two attached hydrogens (primary N) is 1. The number of methoxy groups -OCH3 is 1. The van der Waals surface area contributed by atoms with Crippen LogP contribution in [0.5, 0.6) is 17.5 Å². The zero-order chi connectivity index (χ0) is 22.7. The molecule has 0 saturated heterocycles. The van der Waals surface area contributed by atoms with Gasteiger partial charge < -0.3 is 25.7 Å². The number of hydrogen-bond donors (Lipinski definition) is 4. The third kappa shape index (κ3) is 3.11. The number of fused-ring (bicyclic) bond motifs is 1. The number of hydrogen-bond acceptors (Lipinski definition) is 4. The first-order chi connectivity index (χ1) is 16.1. The summed E-state index contributed by atoms with van der Waals surface area (Å²) >= 11 is 0. The van der Waals surface area contributed by atoms with Crippen LogP contribution < -0.4 is 10.5 Å². The first-order valence-electron chi connectivity index (χ1n) is 12.0. The van der Waals surface area contributed by atoms with Gasteiger partial charge in [-0.05, 0) is 54.9 Å². The Bertz CT molecular complexity index is 1220. The predicted octanol–water partition coefficient (Wildman–Crippen LogP) is 4.68. The van der Waals surface area contributed by atoms with Crippen LogP contribution in [0.1, 0.15) is 47.8 Å². The topological polar surface area (TPSA) is 96.4 Å². The van der Waals surface area contributed by atoms with Gasteiger partial charge >= 0.3 is 0 Å². The summed E-state index contributed by atoms with van der Waals surface area (Å²) in [5.41, 5.74) is 10.6. The Balaban J connectivity index is 1.08. The molecule has 5 atom stereocenters. The van der Waals surface area contributed by atoms with Crippen molar-refractivity contribution in [2.45, 2.75) is 50.1 Å². The fourth-order valence-electron chi connectivity index (χ4n) is 6.17. The summed E-state index contributed by atoms with van der Waals surface area (Å²) in [6, 6.07) is 6.09. The molecule has 0 radical (unpaired) electrons. The SMILES string of the molecule is COc1ccc2[nH]cc(CC(N)CCCCn3c(O)c4c(c3O)C3C=CC4C4C=CC34)c2c1. The normalized spacial score (nSPS) is 25.2. The van der Waals surface area contributed by atoms with Crippen molar-refractivity contribution in [3.8, 4) is 17.5 Å². The van der Waals surface area contributed by atoms with Crippen LogP contribution in [-0.2, 0) is 13.0 Å². The number of nitrogens with zero attached hydrogens (tertiary/aromatic N) is 1. The first kappa shape index (κ1) is 20.5. The minimum absolute atomic E-state index is 0.0528. The summed E-state index contributed by atoms with van der Waals surface area (Å²) in [6.07, 6.45) is 14.4. The third-order valence-electron chi connectivity index (χ3n) is 7.97. The molecule has 0 amide bonds. The smallest absolute Gasteiger partial charge is 0.198 e. The van der Waals surface area contributed by atoms with Gasteiger partial charge in [-0.2, -0.15) is 0 Å². The highest BCUT2D eigenvalue weighted by Gasteiger charge is 2.49. The number of benzene rings is 1. The van der Waals surface area contributed by atoms with Crippen LogP contribution in [0.25, 0.3) is 10.9 Å². The lowest BCUT2D eigenvalue weighted by Crippen LogP contribution is -2.36. The number of aromatic hydroxyl groups is 2. The molecular formula is C27H31N3O3. The molecule has 4 aliphatic rings. The van der Waals surface area contributed by atoms with Crippen molar-refractivity contribution in [1.29, 1.82) is 0 Å². The van der Waals surface area contributed by atoms with Crippen molar-refractivity contribution in [3.05, 3.63) is 65.4 Å². The van der Waals surface area contributed by atoms with E-state index in [4.69, 9.17) is 10.5 Å². The highest BCUT2D eigenvalue weighted by atomic mass is 16.5. The van der Waals surface area contributed by atoms with E-state index in [9.17, 15) is 10.2 Å². The summed E-state index contributed by atoms with van der Waals surface area (Å²) in [6.45, 7) is 0.601. The molecule has 0 spiro atoms. The molecule has 2 heterocycles. The van der Waals surface area contributed by atoms with E-state index in [1.807, 2.05) is 18.3 Å². The molecule has 6 heteroatoms. The van der Waals surface area contributed by atoms with Gasteiger partial charge in [0.25, 0.3) is 0 Å². The summed E-state index contributed by atoms with van der Waals surface area (Å²) in [4.78, 5) is 3.31. The van der Waals surface area contributed by atoms with Crippen LogP contribution in [-0.4, -0.2) is 32.9 Å². The number of aromatic amines is 1. The Kier molecular flexibility index (Phi) is 4.80. The molecule has 33 heavy (non-hydrogen) atoms. The van der Waals surface area contributed by atoms with E-state index < -0.39 is 0 Å². The maximum Gasteiger partial charge on any atom is 0.198 e. The number of unbranched alkanes of at least 4 members (excludes halogenated alkanes) is 1. The van der Waals surface area contributed by atoms with Crippen molar-refractivity contribution >= 4 is 10.9 Å². The van der Waals surface area contributed by atoms with E-state index >= 15 is 0 Å². The van der Waals surface area contributed by atoms with Gasteiger partial charge in [0.2, 0.25) is 0 Å². The van der Waals surface area contributed by atoms with E-state index in [2.05, 4.69) is 35.4 Å². The second kappa shape index (κ2) is 7.73. The fraction of sp³-hybridized carbons (Fsp3) is 0.407. The molecule has 7 rings (SSSR count). The molecule has 0 saturated carbocycles. The lowest BCUT2D eigenvalue weighted by molar-refractivity contribution is 0.306. The quantitative estimate of drug-likeness (QED) is 0.299. The number of rotatable bonds is 8. The molecule has 5 N–H and O–H groups in total. The van der Waals surface area contributed by atoms with Crippen LogP contribution >= 0.6 is 0 Å². The Hall–Kier alpha value is -3.12. The number of H-pyrrole nitrogens is 1. The Morgan fingerprint density at radius 2 is 1.73 bits per heavy atom. The molecule has 5 unspecified atom stereocenters. The molecule has 172 valence electrons. The largest absolute Gasteiger partial charge is 0.497 e. The predicted molar refractivity (Wildman–Crippen MR) is 129 cm³/mol. The average molecular weight is 446 g/mol. The second-order valence-electron chi connectivity index (χ2n) is 9.79. The average Bonchev–Trinajstić information content (AvgIpc) is 3.30. The molecule has 0 fully saturated rings. The first-order valence-corrected chi connectivity index (χ1v) is 12.0. The molecule has 2 bridgehead atoms. The lowest BCUT2D eigenvalue weighted by atomic mass is 9.56. The number of ether oxygens (including phenoxy) is 1. The minimum atomic E-state index is 0.0528. The van der Waals surface area contributed by atoms with Crippen LogP contribution in [0.2, 0.25) is 0 Å². The van der Waals surface area contributed by atoms with Gasteiger partial charge in [-0.25, -0.2) is 0 Å². The molecule has 3 aromatic rings. The molecule has 6 nitrogen and oxygen atoms in total. The van der Waals surface area contributed by atoms with Crippen molar-refractivity contribution in [1.82, 2.24) is 9.55 Å². The zero-order valence-electron chi connectivity index (χ0n) is 18.9. The number of aromatic nitrogens is 2. The van der Waals surface area contributed by atoms with E-state index in [1.165, 1.54) is 5.56 Å². The van der Waals surface area contributed by atoms with Crippen LogP contribution in [0.4, 0.5) is 0 Å². The summed E-state index contributed by atoms with van der Waals surface area (Å²) in [5.74, 6) is 2.66. The van der Waals surface area contributed by atoms with Crippen LogP contribution in [0, 0.1) is 11.8 Å². The van der Waals surface area contributed by atoms with Gasteiger partial charge in [0.05, 0.1) is 7.11 Å². The third-order valence-corrected chi connectivity index (χ3v) is 7.97. The van der Waals surface area contributed by atoms with E-state index in [0.29, 0.717) is 18.4 Å². The van der Waals surface area contributed by atoms with Crippen molar-refractivity contribution in [2.24, 2.45) is 17.6 Å². The Morgan fingerprint density at radius 3 is 2.36 bits per heavy atom. The van der Waals surface area contributed by atoms with Crippen molar-refractivity contribution < 1.29 is 14.9 Å². The van der Waals surface area contributed by atoms with Crippen LogP contribution in [0.3, 0.4) is 0 Å². The highest BCUT2D eigenvalue weighted by molar-refractivity contribution is 5.84. The summed E-state index contributed by atoms with van der Waals surface area (Å²) in [7, 11) is 1.68. The van der Waals surface area contributed by atoms with Gasteiger partial charge in [0.1, 0.15) is 5.75 Å². The van der Waals surface area contributed by atoms with Gasteiger partial charge in [-0.1, -0.05) is 30.7 Å². The maximum atomic E-state index is 10.9. The van der Waals surface area contributed by atoms with Crippen molar-refractivity contribution in [3.63, 3.8) is 0 Å². The van der Waals surface area contributed by atoms with Gasteiger partial charge in [-0.3, -0.25) is 4.57 Å². The second-order valence-corrected chi connectivity index (χ2v) is 9.79. The monoisotopic (exact) mass is 445 g/mol. The van der Waals surface area contributed by atoms with Gasteiger partial charge in [0.15, 0.2) is 11.8 Å². The van der Waals surface area contributed by atoms with E-state index in [-0.39, 0.29) is 29.6 Å². The Morgan fingerprint density at radius 1 is 1.03 bits per heavy atom. The zero-order valence-corrected chi connectivity index (χ0v) is 18.9. The molecule has 2 aromatic heterocycles. The summed E-state index contributed by atoms with van der Waals surface area (Å²) < 4.78 is 7.07. The van der Waals surface area contributed by atoms with Gasteiger partial charge in [0, 0.05) is 52.6 Å². The number of allylic oxidation sites excluding steroid dienone is 4.